The second kappa shape index (κ2) is 16.6. The maximum atomic E-state index is 5.72. The number of hydrogen-bond acceptors (Lipinski definition) is 2. The lowest BCUT2D eigenvalue weighted by Gasteiger charge is -2.38. The highest BCUT2D eigenvalue weighted by atomic mass is 14.9. The Morgan fingerprint density at radius 3 is 1.97 bits per heavy atom. The van der Waals surface area contributed by atoms with Gasteiger partial charge in [-0.05, 0) is 98.5 Å². The van der Waals surface area contributed by atoms with Crippen molar-refractivity contribution in [2.45, 2.75) is 23.7 Å². The number of allylic oxidation sites excluding steroid dienone is 12. The Bertz CT molecular complexity index is 2880. The summed E-state index contributed by atoms with van der Waals surface area (Å²) in [6, 6.07) is 55.8. The van der Waals surface area contributed by atoms with Crippen LogP contribution in [-0.4, -0.2) is 6.54 Å². The van der Waals surface area contributed by atoms with Crippen LogP contribution in [0.4, 0.5) is 5.69 Å². The molecule has 3 atom stereocenters. The fourth-order valence-electron chi connectivity index (χ4n) is 10.7. The fraction of sp³-hybridized carbons (Fsp3) is 0.117. The van der Waals surface area contributed by atoms with Crippen LogP contribution in [0.3, 0.4) is 0 Å². The third kappa shape index (κ3) is 6.43. The summed E-state index contributed by atoms with van der Waals surface area (Å²) in [5.74, 6) is 0.310. The molecule has 3 N–H and O–H groups in total. The average molecular weight is 799 g/mol. The van der Waals surface area contributed by atoms with Crippen LogP contribution in [0.1, 0.15) is 46.2 Å². The molecule has 0 saturated heterocycles. The standard InChI is InChI=1S/C60H50N2/c1-2-43(40-53-44-20-18-21-45(53)41-44)33-34-48(60(47-24-8-4-9-25-47)57-31-14-11-27-50(57)51-28-12-15-32-58(51)60)26-19-39-62-49-35-36-56-54(42-49)52-29-10-13-30-55(52)59(56,37-16-5-17-38-61)46-22-6-3-7-23-46/h2-20,22-36,38,41-42,44,48,62H,1,21,37,39,61H2/b16-5-,26-19?,34-33-,38-17-. The molecule has 0 fully saturated rings. The summed E-state index contributed by atoms with van der Waals surface area (Å²) in [6.07, 6.45) is 27.8. The first-order valence-corrected chi connectivity index (χ1v) is 21.8. The second-order valence-corrected chi connectivity index (χ2v) is 16.6. The largest absolute Gasteiger partial charge is 0.405 e. The van der Waals surface area contributed by atoms with Crippen LogP contribution in [0.5, 0.6) is 0 Å². The first-order valence-electron chi connectivity index (χ1n) is 21.8. The van der Waals surface area contributed by atoms with Gasteiger partial charge < -0.3 is 11.1 Å². The van der Waals surface area contributed by atoms with Crippen molar-refractivity contribution in [3.05, 3.63) is 287 Å². The molecule has 10 rings (SSSR count). The highest BCUT2D eigenvalue weighted by Gasteiger charge is 2.48. The van der Waals surface area contributed by atoms with Crippen LogP contribution < -0.4 is 11.1 Å². The van der Waals surface area contributed by atoms with Crippen molar-refractivity contribution in [3.63, 3.8) is 0 Å². The Morgan fingerprint density at radius 2 is 1.32 bits per heavy atom. The summed E-state index contributed by atoms with van der Waals surface area (Å²) >= 11 is 0. The molecule has 4 aliphatic rings. The van der Waals surface area contributed by atoms with Gasteiger partial charge in [-0.3, -0.25) is 0 Å². The minimum atomic E-state index is -0.467. The smallest absolute Gasteiger partial charge is 0.0560 e. The monoisotopic (exact) mass is 798 g/mol. The van der Waals surface area contributed by atoms with E-state index in [4.69, 9.17) is 5.73 Å². The van der Waals surface area contributed by atoms with E-state index < -0.39 is 5.41 Å². The molecule has 0 spiro atoms. The zero-order valence-corrected chi connectivity index (χ0v) is 34.9. The molecule has 300 valence electrons. The van der Waals surface area contributed by atoms with E-state index in [1.807, 2.05) is 12.2 Å². The first kappa shape index (κ1) is 38.8. The SMILES string of the molecule is C=CC(=C=C1C2=CC1C=CC2)/C=C\C(C=CCNc1ccc2c(c1)-c1ccccc1C2(C/C=C\C=C/N)c1ccccc1)C1(c2ccccc2)c2ccccc2-c2ccccc21. The molecule has 0 aromatic heterocycles. The van der Waals surface area contributed by atoms with Gasteiger partial charge in [0.2, 0.25) is 0 Å². The molecule has 6 aromatic rings. The van der Waals surface area contributed by atoms with Crippen LogP contribution in [-0.2, 0) is 10.8 Å². The van der Waals surface area contributed by atoms with Crippen LogP contribution in [0.2, 0.25) is 0 Å². The van der Waals surface area contributed by atoms with Crippen molar-refractivity contribution < 1.29 is 0 Å². The molecular weight excluding hydrogens is 749 g/mol. The number of fused-ring (bicyclic) bond motifs is 7. The van der Waals surface area contributed by atoms with E-state index in [0.29, 0.717) is 12.5 Å². The molecule has 2 nitrogen and oxygen atoms in total. The van der Waals surface area contributed by atoms with Gasteiger partial charge in [0.1, 0.15) is 0 Å². The molecule has 62 heavy (non-hydrogen) atoms. The molecule has 0 heterocycles. The van der Waals surface area contributed by atoms with Crippen molar-refractivity contribution in [2.24, 2.45) is 17.6 Å². The normalized spacial score (nSPS) is 19.1. The van der Waals surface area contributed by atoms with Crippen molar-refractivity contribution in [2.75, 3.05) is 11.9 Å². The first-order chi connectivity index (χ1) is 30.7. The fourth-order valence-corrected chi connectivity index (χ4v) is 10.7. The minimum Gasteiger partial charge on any atom is -0.405 e. The molecule has 0 radical (unpaired) electrons. The summed E-state index contributed by atoms with van der Waals surface area (Å²) in [4.78, 5) is 0. The summed E-state index contributed by atoms with van der Waals surface area (Å²) in [6.45, 7) is 4.91. The van der Waals surface area contributed by atoms with Gasteiger partial charge in [0.25, 0.3) is 0 Å². The van der Waals surface area contributed by atoms with Gasteiger partial charge in [0, 0.05) is 40.6 Å². The van der Waals surface area contributed by atoms with Crippen LogP contribution in [0.15, 0.2) is 254 Å². The molecule has 2 heteroatoms. The maximum absolute atomic E-state index is 5.72. The lowest BCUT2D eigenvalue weighted by atomic mass is 9.63. The van der Waals surface area contributed by atoms with E-state index in [2.05, 4.69) is 224 Å². The number of benzene rings is 6. The quantitative estimate of drug-likeness (QED) is 0.0694. The summed E-state index contributed by atoms with van der Waals surface area (Å²) in [7, 11) is 0. The predicted molar refractivity (Wildman–Crippen MR) is 260 cm³/mol. The van der Waals surface area contributed by atoms with Crippen LogP contribution >= 0.6 is 0 Å². The van der Waals surface area contributed by atoms with Gasteiger partial charge >= 0.3 is 0 Å². The molecule has 0 amide bonds. The highest BCUT2D eigenvalue weighted by molar-refractivity contribution is 5.86. The van der Waals surface area contributed by atoms with Gasteiger partial charge in [-0.1, -0.05) is 207 Å². The molecule has 0 saturated carbocycles. The number of nitrogens with two attached hydrogens (primary N) is 1. The number of anilines is 1. The molecule has 4 aliphatic carbocycles. The lowest BCUT2D eigenvalue weighted by molar-refractivity contribution is 0.536. The third-order valence-corrected chi connectivity index (χ3v) is 13.4. The molecule has 3 unspecified atom stereocenters. The van der Waals surface area contributed by atoms with Crippen molar-refractivity contribution >= 4 is 5.69 Å². The highest BCUT2D eigenvalue weighted by Crippen LogP contribution is 2.58. The Morgan fingerprint density at radius 1 is 0.694 bits per heavy atom. The lowest BCUT2D eigenvalue weighted by Crippen LogP contribution is -2.34. The Labute approximate surface area is 366 Å². The summed E-state index contributed by atoms with van der Waals surface area (Å²) in [5, 5.41) is 3.81. The van der Waals surface area contributed by atoms with Crippen LogP contribution in [0.25, 0.3) is 22.3 Å². The van der Waals surface area contributed by atoms with Gasteiger partial charge in [-0.15, -0.1) is 5.73 Å². The zero-order chi connectivity index (χ0) is 41.9. The van der Waals surface area contributed by atoms with Crippen molar-refractivity contribution in [3.8, 4) is 22.3 Å². The van der Waals surface area contributed by atoms with Crippen LogP contribution in [0, 0.1) is 11.8 Å². The van der Waals surface area contributed by atoms with E-state index in [9.17, 15) is 0 Å². The average Bonchev–Trinajstić information content (AvgIpc) is 3.79. The van der Waals surface area contributed by atoms with Gasteiger partial charge in [-0.2, -0.15) is 0 Å². The van der Waals surface area contributed by atoms with Crippen molar-refractivity contribution in [1.29, 1.82) is 0 Å². The number of rotatable bonds is 13. The molecule has 0 aliphatic heterocycles. The third-order valence-electron chi connectivity index (χ3n) is 13.4. The van der Waals surface area contributed by atoms with E-state index in [1.54, 1.807) is 6.20 Å². The number of hydrogen-bond donors (Lipinski definition) is 2. The number of nitrogens with one attached hydrogen (secondary N) is 1. The van der Waals surface area contributed by atoms with Gasteiger partial charge in [0.05, 0.1) is 5.41 Å². The minimum absolute atomic E-state index is 0.0428. The predicted octanol–water partition coefficient (Wildman–Crippen LogP) is 13.7. The Kier molecular flexibility index (Phi) is 10.4. The van der Waals surface area contributed by atoms with E-state index in [-0.39, 0.29) is 11.3 Å². The molecular formula is C60H50N2. The van der Waals surface area contributed by atoms with E-state index >= 15 is 0 Å². The molecule has 2 bridgehead atoms. The zero-order valence-electron chi connectivity index (χ0n) is 34.9. The van der Waals surface area contributed by atoms with Crippen molar-refractivity contribution in [1.82, 2.24) is 0 Å². The topological polar surface area (TPSA) is 38.0 Å². The molecule has 6 aromatic carbocycles. The summed E-state index contributed by atoms with van der Waals surface area (Å²) < 4.78 is 0. The Balaban J connectivity index is 1.04. The summed E-state index contributed by atoms with van der Waals surface area (Å²) in [5.41, 5.74) is 26.4. The van der Waals surface area contributed by atoms with E-state index in [1.165, 1.54) is 66.8 Å². The van der Waals surface area contributed by atoms with E-state index in [0.717, 1.165) is 24.1 Å². The Hall–Kier alpha value is -7.38. The second-order valence-electron chi connectivity index (χ2n) is 16.6. The van der Waals surface area contributed by atoms with Gasteiger partial charge in [0.15, 0.2) is 0 Å². The van der Waals surface area contributed by atoms with Gasteiger partial charge in [-0.25, -0.2) is 0 Å². The maximum Gasteiger partial charge on any atom is 0.0560 e.